The van der Waals surface area contributed by atoms with Gasteiger partial charge in [0, 0.05) is 9.99 Å². The van der Waals surface area contributed by atoms with Crippen LogP contribution in [0.1, 0.15) is 25.8 Å². The van der Waals surface area contributed by atoms with E-state index in [0.29, 0.717) is 16.2 Å². The standard InChI is InChI=1S/C14H16INO2/c1-10(2)8-14(9-15)13(17)18-12(16-14)11-6-4-3-5-7-11/h3-7,10H,8-9H2,1-2H3. The third kappa shape index (κ3) is 2.58. The van der Waals surface area contributed by atoms with Gasteiger partial charge in [0.25, 0.3) is 0 Å². The van der Waals surface area contributed by atoms with E-state index in [1.54, 1.807) is 0 Å². The molecule has 1 atom stereocenters. The van der Waals surface area contributed by atoms with Crippen molar-refractivity contribution in [2.24, 2.45) is 10.9 Å². The Hall–Kier alpha value is -0.910. The number of hydrogen-bond donors (Lipinski definition) is 0. The third-order valence-corrected chi connectivity index (χ3v) is 4.13. The first-order valence-corrected chi connectivity index (χ1v) is 7.53. The summed E-state index contributed by atoms with van der Waals surface area (Å²) in [5, 5.41) is 0. The van der Waals surface area contributed by atoms with E-state index in [4.69, 9.17) is 4.74 Å². The van der Waals surface area contributed by atoms with Crippen LogP contribution in [0.5, 0.6) is 0 Å². The molecule has 4 heteroatoms. The lowest BCUT2D eigenvalue weighted by molar-refractivity contribution is -0.138. The first-order valence-electron chi connectivity index (χ1n) is 6.01. The Kier molecular flexibility index (Phi) is 4.04. The zero-order valence-electron chi connectivity index (χ0n) is 10.5. The molecule has 0 aliphatic carbocycles. The summed E-state index contributed by atoms with van der Waals surface area (Å²) in [7, 11) is 0. The topological polar surface area (TPSA) is 38.7 Å². The van der Waals surface area contributed by atoms with Crippen LogP contribution in [0.25, 0.3) is 0 Å². The van der Waals surface area contributed by atoms with Gasteiger partial charge >= 0.3 is 5.97 Å². The van der Waals surface area contributed by atoms with Crippen LogP contribution in [-0.4, -0.2) is 21.8 Å². The van der Waals surface area contributed by atoms with Crippen molar-refractivity contribution in [3.63, 3.8) is 0 Å². The summed E-state index contributed by atoms with van der Waals surface area (Å²) in [5.41, 5.74) is 0.168. The summed E-state index contributed by atoms with van der Waals surface area (Å²) in [4.78, 5) is 16.7. The number of rotatable bonds is 4. The van der Waals surface area contributed by atoms with E-state index in [-0.39, 0.29) is 5.97 Å². The molecule has 0 saturated carbocycles. The molecule has 1 aromatic carbocycles. The summed E-state index contributed by atoms with van der Waals surface area (Å²) in [5.74, 6) is 0.647. The highest BCUT2D eigenvalue weighted by molar-refractivity contribution is 14.1. The van der Waals surface area contributed by atoms with Crippen LogP contribution in [0.4, 0.5) is 0 Å². The minimum atomic E-state index is -0.695. The van der Waals surface area contributed by atoms with Crippen molar-refractivity contribution in [3.8, 4) is 0 Å². The van der Waals surface area contributed by atoms with Crippen molar-refractivity contribution >= 4 is 34.5 Å². The van der Waals surface area contributed by atoms with Crippen molar-refractivity contribution in [2.45, 2.75) is 25.8 Å². The Labute approximate surface area is 121 Å². The van der Waals surface area contributed by atoms with Gasteiger partial charge in [-0.15, -0.1) is 0 Å². The van der Waals surface area contributed by atoms with E-state index in [0.717, 1.165) is 12.0 Å². The van der Waals surface area contributed by atoms with Crippen molar-refractivity contribution < 1.29 is 9.53 Å². The van der Waals surface area contributed by atoms with Gasteiger partial charge < -0.3 is 4.74 Å². The summed E-state index contributed by atoms with van der Waals surface area (Å²) in [6, 6.07) is 9.58. The Balaban J connectivity index is 2.33. The molecule has 2 rings (SSSR count). The zero-order valence-corrected chi connectivity index (χ0v) is 12.7. The molecular weight excluding hydrogens is 341 g/mol. The maximum absolute atomic E-state index is 12.1. The Morgan fingerprint density at radius 2 is 2.00 bits per heavy atom. The van der Waals surface area contributed by atoms with Gasteiger partial charge in [-0.25, -0.2) is 9.79 Å². The predicted molar refractivity (Wildman–Crippen MR) is 80.1 cm³/mol. The number of halogens is 1. The quantitative estimate of drug-likeness (QED) is 0.472. The second kappa shape index (κ2) is 5.38. The number of ether oxygens (including phenoxy) is 1. The molecule has 1 aromatic rings. The maximum atomic E-state index is 12.1. The monoisotopic (exact) mass is 357 g/mol. The molecule has 0 bridgehead atoms. The van der Waals surface area contributed by atoms with Gasteiger partial charge in [0.2, 0.25) is 5.90 Å². The maximum Gasteiger partial charge on any atom is 0.341 e. The molecule has 96 valence electrons. The van der Waals surface area contributed by atoms with Crippen molar-refractivity contribution in [1.29, 1.82) is 0 Å². The number of cyclic esters (lactones) is 1. The van der Waals surface area contributed by atoms with Gasteiger partial charge in [-0.2, -0.15) is 0 Å². The highest BCUT2D eigenvalue weighted by Crippen LogP contribution is 2.31. The fourth-order valence-electron chi connectivity index (χ4n) is 2.09. The molecule has 1 unspecified atom stereocenters. The largest absolute Gasteiger partial charge is 0.405 e. The van der Waals surface area contributed by atoms with Crippen LogP contribution < -0.4 is 0 Å². The van der Waals surface area contributed by atoms with Crippen LogP contribution in [0.15, 0.2) is 35.3 Å². The first-order chi connectivity index (χ1) is 8.57. The molecule has 1 heterocycles. The van der Waals surface area contributed by atoms with Crippen molar-refractivity contribution in [1.82, 2.24) is 0 Å². The van der Waals surface area contributed by atoms with Crippen LogP contribution in [-0.2, 0) is 9.53 Å². The number of aliphatic imine (C=N–C) groups is 1. The SMILES string of the molecule is CC(C)CC1(CI)N=C(c2ccccc2)OC1=O. The average Bonchev–Trinajstić information content (AvgIpc) is 2.68. The van der Waals surface area contributed by atoms with Gasteiger partial charge in [0.1, 0.15) is 0 Å². The predicted octanol–water partition coefficient (Wildman–Crippen LogP) is 3.21. The highest BCUT2D eigenvalue weighted by Gasteiger charge is 2.45. The van der Waals surface area contributed by atoms with E-state index in [1.165, 1.54) is 0 Å². The van der Waals surface area contributed by atoms with Gasteiger partial charge in [-0.1, -0.05) is 54.6 Å². The number of esters is 1. The van der Waals surface area contributed by atoms with Crippen LogP contribution >= 0.6 is 22.6 Å². The van der Waals surface area contributed by atoms with Gasteiger partial charge in [-0.3, -0.25) is 0 Å². The molecule has 18 heavy (non-hydrogen) atoms. The lowest BCUT2D eigenvalue weighted by Crippen LogP contribution is -2.37. The molecule has 1 aliphatic rings. The number of carbonyl (C=O) groups is 1. The minimum absolute atomic E-state index is 0.218. The summed E-state index contributed by atoms with van der Waals surface area (Å²) in [6.07, 6.45) is 0.727. The highest BCUT2D eigenvalue weighted by atomic mass is 127. The average molecular weight is 357 g/mol. The normalized spacial score (nSPS) is 23.1. The van der Waals surface area contributed by atoms with Crippen LogP contribution in [0.3, 0.4) is 0 Å². The number of nitrogens with zero attached hydrogens (tertiary/aromatic N) is 1. The number of alkyl halides is 1. The summed E-state index contributed by atoms with van der Waals surface area (Å²) in [6.45, 7) is 4.19. The molecule has 0 saturated heterocycles. The Morgan fingerprint density at radius 3 is 2.56 bits per heavy atom. The smallest absolute Gasteiger partial charge is 0.341 e. The molecule has 0 fully saturated rings. The molecular formula is C14H16INO2. The van der Waals surface area contributed by atoms with Crippen molar-refractivity contribution in [3.05, 3.63) is 35.9 Å². The lowest BCUT2D eigenvalue weighted by atomic mass is 9.92. The van der Waals surface area contributed by atoms with E-state index >= 15 is 0 Å². The van der Waals surface area contributed by atoms with Gasteiger partial charge in [0.15, 0.2) is 5.54 Å². The first kappa shape index (κ1) is 13.5. The molecule has 0 radical (unpaired) electrons. The fourth-order valence-corrected chi connectivity index (χ4v) is 2.89. The molecule has 0 aromatic heterocycles. The molecule has 0 spiro atoms. The lowest BCUT2D eigenvalue weighted by Gasteiger charge is -2.20. The van der Waals surface area contributed by atoms with Gasteiger partial charge in [0.05, 0.1) is 0 Å². The molecule has 1 aliphatic heterocycles. The van der Waals surface area contributed by atoms with E-state index in [2.05, 4.69) is 41.4 Å². The van der Waals surface area contributed by atoms with E-state index in [9.17, 15) is 4.79 Å². The second-order valence-electron chi connectivity index (χ2n) is 4.94. The zero-order chi connectivity index (χ0) is 13.2. The summed E-state index contributed by atoms with van der Waals surface area (Å²) >= 11 is 2.21. The van der Waals surface area contributed by atoms with E-state index in [1.807, 2.05) is 30.3 Å². The number of hydrogen-bond acceptors (Lipinski definition) is 3. The third-order valence-electron chi connectivity index (χ3n) is 2.87. The van der Waals surface area contributed by atoms with E-state index < -0.39 is 5.54 Å². The number of benzene rings is 1. The number of carbonyl (C=O) groups excluding carboxylic acids is 1. The molecule has 3 nitrogen and oxygen atoms in total. The van der Waals surface area contributed by atoms with Crippen molar-refractivity contribution in [2.75, 3.05) is 4.43 Å². The van der Waals surface area contributed by atoms with Crippen LogP contribution in [0.2, 0.25) is 0 Å². The second-order valence-corrected chi connectivity index (χ2v) is 5.70. The molecule has 0 N–H and O–H groups in total. The minimum Gasteiger partial charge on any atom is -0.405 e. The Bertz CT molecular complexity index is 470. The molecule has 0 amide bonds. The fraction of sp³-hybridized carbons (Fsp3) is 0.429. The van der Waals surface area contributed by atoms with Gasteiger partial charge in [-0.05, 0) is 24.5 Å². The summed E-state index contributed by atoms with van der Waals surface area (Å²) < 4.78 is 6.01. The Morgan fingerprint density at radius 1 is 1.33 bits per heavy atom. The van der Waals surface area contributed by atoms with Crippen LogP contribution in [0, 0.1) is 5.92 Å².